The fourth-order valence-electron chi connectivity index (χ4n) is 3.45. The van der Waals surface area contributed by atoms with Gasteiger partial charge in [-0.15, -0.1) is 0 Å². The summed E-state index contributed by atoms with van der Waals surface area (Å²) in [6.45, 7) is 4.43. The molecule has 0 atom stereocenters. The van der Waals surface area contributed by atoms with Crippen molar-refractivity contribution in [1.82, 2.24) is 19.4 Å². The molecule has 5 heterocycles. The Kier molecular flexibility index (Phi) is 2.92. The van der Waals surface area contributed by atoms with Crippen molar-refractivity contribution < 1.29 is 0 Å². The highest BCUT2D eigenvalue weighted by molar-refractivity contribution is 5.79. The van der Waals surface area contributed by atoms with Gasteiger partial charge in [-0.3, -0.25) is 4.79 Å². The summed E-state index contributed by atoms with van der Waals surface area (Å²) in [4.78, 5) is 26.0. The number of hydrogen-bond donors (Lipinski definition) is 0. The fourth-order valence-corrected chi connectivity index (χ4v) is 3.45. The van der Waals surface area contributed by atoms with Crippen LogP contribution in [0.1, 0.15) is 12.8 Å². The van der Waals surface area contributed by atoms with E-state index in [1.165, 1.54) is 30.5 Å². The minimum absolute atomic E-state index is 0.00785. The normalized spacial score (nSPS) is 25.3. The summed E-state index contributed by atoms with van der Waals surface area (Å²) in [5.74, 6) is 0.918. The van der Waals surface area contributed by atoms with Crippen molar-refractivity contribution in [2.75, 3.05) is 31.1 Å². The highest BCUT2D eigenvalue weighted by atomic mass is 16.1. The van der Waals surface area contributed by atoms with Crippen LogP contribution in [0.2, 0.25) is 0 Å². The molecule has 3 saturated heterocycles. The molecule has 3 aliphatic heterocycles. The number of hydrogen-bond acceptors (Lipinski definition) is 5. The van der Waals surface area contributed by atoms with E-state index in [-0.39, 0.29) is 5.56 Å². The number of rotatable bonds is 1. The molecule has 3 fully saturated rings. The van der Waals surface area contributed by atoms with E-state index >= 15 is 0 Å². The van der Waals surface area contributed by atoms with E-state index in [4.69, 9.17) is 0 Å². The largest absolute Gasteiger partial charge is 0.352 e. The van der Waals surface area contributed by atoms with Gasteiger partial charge in [-0.05, 0) is 18.9 Å². The molecular weight excluding hydrogens is 266 g/mol. The SMILES string of the molecule is Cn1cnc2cnc(N3CCN4CCC3CC4)cc2c1=O. The number of piperidine rings is 1. The molecule has 2 aromatic rings. The van der Waals surface area contributed by atoms with E-state index in [1.54, 1.807) is 19.6 Å². The first-order valence-electron chi connectivity index (χ1n) is 7.53. The van der Waals surface area contributed by atoms with Crippen LogP contribution in [0.4, 0.5) is 5.82 Å². The summed E-state index contributed by atoms with van der Waals surface area (Å²) in [5, 5.41) is 0.657. The molecule has 2 bridgehead atoms. The van der Waals surface area contributed by atoms with Crippen LogP contribution in [-0.2, 0) is 7.05 Å². The Bertz CT molecular complexity index is 732. The van der Waals surface area contributed by atoms with Crippen molar-refractivity contribution in [3.05, 3.63) is 28.9 Å². The van der Waals surface area contributed by atoms with Crippen molar-refractivity contribution >= 4 is 16.7 Å². The maximum absolute atomic E-state index is 12.3. The molecule has 0 amide bonds. The van der Waals surface area contributed by atoms with Crippen LogP contribution < -0.4 is 10.5 Å². The van der Waals surface area contributed by atoms with Crippen molar-refractivity contribution in [3.63, 3.8) is 0 Å². The van der Waals surface area contributed by atoms with E-state index in [9.17, 15) is 4.79 Å². The zero-order valence-electron chi connectivity index (χ0n) is 12.2. The average Bonchev–Trinajstić information content (AvgIpc) is 2.85. The van der Waals surface area contributed by atoms with Crippen LogP contribution in [0.15, 0.2) is 23.4 Å². The molecule has 6 heteroatoms. The van der Waals surface area contributed by atoms with E-state index in [0.29, 0.717) is 16.9 Å². The molecule has 5 rings (SSSR count). The highest BCUT2D eigenvalue weighted by Crippen LogP contribution is 2.26. The fraction of sp³-hybridized carbons (Fsp3) is 0.533. The topological polar surface area (TPSA) is 54.3 Å². The minimum Gasteiger partial charge on any atom is -0.352 e. The van der Waals surface area contributed by atoms with Gasteiger partial charge in [-0.25, -0.2) is 9.97 Å². The molecule has 0 aromatic carbocycles. The van der Waals surface area contributed by atoms with Gasteiger partial charge in [-0.1, -0.05) is 0 Å². The lowest BCUT2D eigenvalue weighted by molar-refractivity contribution is 0.250. The summed E-state index contributed by atoms with van der Waals surface area (Å²) < 4.78 is 1.52. The third-order valence-corrected chi connectivity index (χ3v) is 4.74. The first-order valence-corrected chi connectivity index (χ1v) is 7.53. The molecule has 0 unspecified atom stereocenters. The molecule has 0 radical (unpaired) electrons. The van der Waals surface area contributed by atoms with E-state index < -0.39 is 0 Å². The zero-order chi connectivity index (χ0) is 14.4. The summed E-state index contributed by atoms with van der Waals surface area (Å²) in [7, 11) is 1.73. The molecular formula is C15H19N5O. The molecule has 0 aliphatic carbocycles. The molecule has 0 spiro atoms. The number of aromatic nitrogens is 3. The van der Waals surface area contributed by atoms with Crippen LogP contribution in [-0.4, -0.2) is 51.7 Å². The molecule has 0 saturated carbocycles. The van der Waals surface area contributed by atoms with Gasteiger partial charge in [0.15, 0.2) is 0 Å². The number of pyridine rings is 1. The van der Waals surface area contributed by atoms with Crippen molar-refractivity contribution in [3.8, 4) is 0 Å². The Morgan fingerprint density at radius 3 is 2.76 bits per heavy atom. The summed E-state index contributed by atoms with van der Waals surface area (Å²) in [5.41, 5.74) is 0.663. The van der Waals surface area contributed by atoms with Crippen LogP contribution in [0.5, 0.6) is 0 Å². The zero-order valence-corrected chi connectivity index (χ0v) is 12.2. The monoisotopic (exact) mass is 285 g/mol. The van der Waals surface area contributed by atoms with Crippen molar-refractivity contribution in [1.29, 1.82) is 0 Å². The van der Waals surface area contributed by atoms with Crippen molar-refractivity contribution in [2.45, 2.75) is 18.9 Å². The van der Waals surface area contributed by atoms with Gasteiger partial charge in [0.2, 0.25) is 0 Å². The van der Waals surface area contributed by atoms with E-state index in [2.05, 4.69) is 19.8 Å². The molecule has 110 valence electrons. The van der Waals surface area contributed by atoms with Gasteiger partial charge < -0.3 is 14.4 Å². The molecule has 0 N–H and O–H groups in total. The van der Waals surface area contributed by atoms with E-state index in [1.807, 2.05) is 6.07 Å². The number of fused-ring (bicyclic) bond motifs is 5. The van der Waals surface area contributed by atoms with Gasteiger partial charge in [0.05, 0.1) is 23.4 Å². The van der Waals surface area contributed by atoms with Crippen LogP contribution >= 0.6 is 0 Å². The Hall–Kier alpha value is -1.95. The van der Waals surface area contributed by atoms with E-state index in [0.717, 1.165) is 18.9 Å². The molecule has 3 aliphatic rings. The summed E-state index contributed by atoms with van der Waals surface area (Å²) in [6, 6.07) is 2.47. The lowest BCUT2D eigenvalue weighted by atomic mass is 10.1. The summed E-state index contributed by atoms with van der Waals surface area (Å²) >= 11 is 0. The number of aryl methyl sites for hydroxylation is 1. The van der Waals surface area contributed by atoms with Crippen molar-refractivity contribution in [2.24, 2.45) is 7.05 Å². The standard InChI is InChI=1S/C15H19N5O/c1-18-10-17-13-9-16-14(8-12(13)15(18)21)20-7-6-19-4-2-11(20)3-5-19/h8-11H,2-7H2,1H3. The first kappa shape index (κ1) is 12.8. The smallest absolute Gasteiger partial charge is 0.261 e. The van der Waals surface area contributed by atoms with Gasteiger partial charge in [0.25, 0.3) is 5.56 Å². The van der Waals surface area contributed by atoms with Gasteiger partial charge in [0.1, 0.15) is 5.82 Å². The summed E-state index contributed by atoms with van der Waals surface area (Å²) in [6.07, 6.45) is 5.64. The third kappa shape index (κ3) is 2.10. The lowest BCUT2D eigenvalue weighted by Crippen LogP contribution is -2.38. The maximum Gasteiger partial charge on any atom is 0.261 e. The van der Waals surface area contributed by atoms with Gasteiger partial charge in [0, 0.05) is 39.3 Å². The molecule has 6 nitrogen and oxygen atoms in total. The predicted molar refractivity (Wildman–Crippen MR) is 81.6 cm³/mol. The van der Waals surface area contributed by atoms with Crippen LogP contribution in [0, 0.1) is 0 Å². The van der Waals surface area contributed by atoms with Gasteiger partial charge >= 0.3 is 0 Å². The van der Waals surface area contributed by atoms with Gasteiger partial charge in [-0.2, -0.15) is 0 Å². The van der Waals surface area contributed by atoms with Crippen LogP contribution in [0.25, 0.3) is 10.9 Å². The highest BCUT2D eigenvalue weighted by Gasteiger charge is 2.29. The third-order valence-electron chi connectivity index (χ3n) is 4.74. The second-order valence-electron chi connectivity index (χ2n) is 5.99. The second kappa shape index (κ2) is 4.80. The Balaban J connectivity index is 1.79. The minimum atomic E-state index is -0.00785. The first-order chi connectivity index (χ1) is 10.2. The predicted octanol–water partition coefficient (Wildman–Crippen LogP) is 0.613. The Morgan fingerprint density at radius 1 is 1.14 bits per heavy atom. The average molecular weight is 285 g/mol. The van der Waals surface area contributed by atoms with Crippen LogP contribution in [0.3, 0.4) is 0 Å². The molecule has 21 heavy (non-hydrogen) atoms. The maximum atomic E-state index is 12.3. The Labute approximate surface area is 123 Å². The number of anilines is 1. The Morgan fingerprint density at radius 2 is 1.95 bits per heavy atom. The second-order valence-corrected chi connectivity index (χ2v) is 5.99. The lowest BCUT2D eigenvalue weighted by Gasteiger charge is -2.32. The quantitative estimate of drug-likeness (QED) is 0.768. The number of nitrogens with zero attached hydrogens (tertiary/aromatic N) is 5. The molecule has 2 aromatic heterocycles.